The smallest absolute Gasteiger partial charge is 0.308 e. The van der Waals surface area contributed by atoms with Crippen LogP contribution in [0.25, 0.3) is 0 Å². The maximum atomic E-state index is 10.8. The molecule has 172 valence electrons. The molecule has 0 aromatic carbocycles. The average molecular weight is 409 g/mol. The first-order chi connectivity index (χ1) is 12.5. The lowest BCUT2D eigenvalue weighted by Gasteiger charge is -2.55. The standard InChI is InChI=1S/C18H30.C7H14O2.2CH4/c1-9-10(2)12-7-11(9)15-13-8-14(16(12)15)18(5,6)17(13,3)4;1-4-6(5-2)7(8)9-3;;/h9-16H,7-8H2,1-6H3;6H,4-5H2,1-3H3;2*1H4. The molecule has 2 nitrogen and oxygen atoms in total. The molecule has 4 saturated carbocycles. The van der Waals surface area contributed by atoms with Crippen LogP contribution in [0.5, 0.6) is 0 Å². The zero-order valence-electron chi connectivity index (χ0n) is 19.3. The topological polar surface area (TPSA) is 26.3 Å². The number of esters is 1. The average Bonchev–Trinajstić information content (AvgIpc) is 3.30. The zero-order chi connectivity index (χ0) is 20.3. The molecule has 0 heterocycles. The molecule has 4 aliphatic rings. The van der Waals surface area contributed by atoms with E-state index in [9.17, 15) is 4.79 Å². The second-order valence-electron chi connectivity index (χ2n) is 11.4. The van der Waals surface area contributed by atoms with Gasteiger partial charge >= 0.3 is 5.97 Å². The predicted molar refractivity (Wildman–Crippen MR) is 126 cm³/mol. The van der Waals surface area contributed by atoms with Gasteiger partial charge in [0.1, 0.15) is 0 Å². The molecule has 0 aliphatic heterocycles. The summed E-state index contributed by atoms with van der Waals surface area (Å²) in [5, 5.41) is 0. The molecule has 0 N–H and O–H groups in total. The molecular weight excluding hydrogens is 356 g/mol. The van der Waals surface area contributed by atoms with Gasteiger partial charge in [-0.25, -0.2) is 0 Å². The largest absolute Gasteiger partial charge is 0.469 e. The van der Waals surface area contributed by atoms with Crippen molar-refractivity contribution >= 4 is 5.97 Å². The molecule has 4 rings (SSSR count). The molecule has 0 saturated heterocycles. The summed E-state index contributed by atoms with van der Waals surface area (Å²) < 4.78 is 4.56. The molecular formula is C27H52O2. The van der Waals surface area contributed by atoms with E-state index in [1.165, 1.54) is 7.11 Å². The van der Waals surface area contributed by atoms with E-state index in [1.54, 1.807) is 12.8 Å². The summed E-state index contributed by atoms with van der Waals surface area (Å²) in [7, 11) is 1.43. The highest BCUT2D eigenvalue weighted by Gasteiger charge is 2.72. The lowest BCUT2D eigenvalue weighted by atomic mass is 9.50. The number of fused-ring (bicyclic) bond motifs is 9. The Morgan fingerprint density at radius 3 is 1.52 bits per heavy atom. The van der Waals surface area contributed by atoms with Crippen LogP contribution in [-0.2, 0) is 9.53 Å². The molecule has 8 unspecified atom stereocenters. The van der Waals surface area contributed by atoms with Crippen molar-refractivity contribution in [3.8, 4) is 0 Å². The van der Waals surface area contributed by atoms with E-state index < -0.39 is 0 Å². The van der Waals surface area contributed by atoms with Crippen LogP contribution in [0, 0.1) is 64.1 Å². The Morgan fingerprint density at radius 1 is 0.862 bits per heavy atom. The van der Waals surface area contributed by atoms with Crippen LogP contribution in [0.15, 0.2) is 0 Å². The molecule has 8 atom stereocenters. The molecule has 0 radical (unpaired) electrons. The van der Waals surface area contributed by atoms with Crippen molar-refractivity contribution in [1.82, 2.24) is 0 Å². The number of hydrogen-bond donors (Lipinski definition) is 0. The van der Waals surface area contributed by atoms with E-state index in [0.717, 1.165) is 60.2 Å². The van der Waals surface area contributed by atoms with Gasteiger partial charge in [-0.2, -0.15) is 0 Å². The van der Waals surface area contributed by atoms with Crippen LogP contribution >= 0.6 is 0 Å². The van der Waals surface area contributed by atoms with Gasteiger partial charge in [-0.3, -0.25) is 4.79 Å². The third kappa shape index (κ3) is 3.59. The molecule has 0 spiro atoms. The molecule has 4 fully saturated rings. The normalized spacial score (nSPS) is 41.7. The highest BCUT2D eigenvalue weighted by atomic mass is 16.5. The number of ether oxygens (including phenoxy) is 1. The van der Waals surface area contributed by atoms with E-state index in [2.05, 4.69) is 46.3 Å². The van der Waals surface area contributed by atoms with Crippen LogP contribution in [0.2, 0.25) is 0 Å². The number of carbonyl (C=O) groups excluding carboxylic acids is 1. The van der Waals surface area contributed by atoms with Crippen molar-refractivity contribution in [2.45, 2.75) is 95.9 Å². The maximum absolute atomic E-state index is 10.8. The Balaban J connectivity index is 0.000000335. The first-order valence-electron chi connectivity index (χ1n) is 11.6. The van der Waals surface area contributed by atoms with Gasteiger partial charge in [0.05, 0.1) is 13.0 Å². The van der Waals surface area contributed by atoms with Crippen molar-refractivity contribution in [3.05, 3.63) is 0 Å². The molecule has 4 bridgehead atoms. The van der Waals surface area contributed by atoms with Gasteiger partial charge in [0.25, 0.3) is 0 Å². The molecule has 0 amide bonds. The van der Waals surface area contributed by atoms with Gasteiger partial charge in [0.2, 0.25) is 0 Å². The minimum Gasteiger partial charge on any atom is -0.469 e. The monoisotopic (exact) mass is 408 g/mol. The van der Waals surface area contributed by atoms with Gasteiger partial charge < -0.3 is 4.74 Å². The molecule has 4 aliphatic carbocycles. The van der Waals surface area contributed by atoms with Gasteiger partial charge in [-0.05, 0) is 83.9 Å². The molecule has 2 heteroatoms. The SMILES string of the molecule is C.C.CC1C(C)C2CC1C1C2C2CC1C(C)(C)C2(C)C.CCC(CC)C(=O)OC. The summed E-state index contributed by atoms with van der Waals surface area (Å²) in [6.07, 6.45) is 4.89. The van der Waals surface area contributed by atoms with E-state index in [1.807, 2.05) is 13.8 Å². The number of hydrogen-bond acceptors (Lipinski definition) is 2. The highest BCUT2D eigenvalue weighted by molar-refractivity contribution is 5.72. The first-order valence-corrected chi connectivity index (χ1v) is 11.6. The van der Waals surface area contributed by atoms with Crippen LogP contribution in [0.1, 0.15) is 95.9 Å². The van der Waals surface area contributed by atoms with E-state index in [0.29, 0.717) is 10.8 Å². The Labute approximate surface area is 182 Å². The minimum atomic E-state index is -0.0833. The van der Waals surface area contributed by atoms with Crippen molar-refractivity contribution in [1.29, 1.82) is 0 Å². The second-order valence-corrected chi connectivity index (χ2v) is 11.4. The van der Waals surface area contributed by atoms with Crippen LogP contribution in [0.3, 0.4) is 0 Å². The van der Waals surface area contributed by atoms with Crippen LogP contribution in [-0.4, -0.2) is 13.1 Å². The summed E-state index contributed by atoms with van der Waals surface area (Å²) >= 11 is 0. The van der Waals surface area contributed by atoms with Crippen molar-refractivity contribution in [2.75, 3.05) is 7.11 Å². The number of rotatable bonds is 3. The lowest BCUT2D eigenvalue weighted by molar-refractivity contribution is -0.145. The fraction of sp³-hybridized carbons (Fsp3) is 0.963. The Bertz CT molecular complexity index is 523. The predicted octanol–water partition coefficient (Wildman–Crippen LogP) is 7.71. The fourth-order valence-electron chi connectivity index (χ4n) is 8.13. The van der Waals surface area contributed by atoms with Crippen molar-refractivity contribution in [3.63, 3.8) is 0 Å². The van der Waals surface area contributed by atoms with E-state index in [-0.39, 0.29) is 26.7 Å². The highest BCUT2D eigenvalue weighted by Crippen LogP contribution is 2.78. The minimum absolute atomic E-state index is 0. The summed E-state index contributed by atoms with van der Waals surface area (Å²) in [5.74, 6) is 8.49. The van der Waals surface area contributed by atoms with Gasteiger partial charge in [0.15, 0.2) is 0 Å². The molecule has 0 aromatic rings. The van der Waals surface area contributed by atoms with Crippen molar-refractivity contribution < 1.29 is 9.53 Å². The van der Waals surface area contributed by atoms with E-state index >= 15 is 0 Å². The Hall–Kier alpha value is -0.530. The maximum Gasteiger partial charge on any atom is 0.308 e. The quantitative estimate of drug-likeness (QED) is 0.353. The molecule has 0 aromatic heterocycles. The Morgan fingerprint density at radius 2 is 1.24 bits per heavy atom. The summed E-state index contributed by atoms with van der Waals surface area (Å²) in [6, 6.07) is 0. The third-order valence-corrected chi connectivity index (χ3v) is 10.6. The second kappa shape index (κ2) is 8.91. The summed E-state index contributed by atoms with van der Waals surface area (Å²) in [4.78, 5) is 10.8. The summed E-state index contributed by atoms with van der Waals surface area (Å²) in [6.45, 7) is 19.4. The van der Waals surface area contributed by atoms with Gasteiger partial charge in [-0.1, -0.05) is 70.2 Å². The lowest BCUT2D eigenvalue weighted by Crippen LogP contribution is -2.50. The summed E-state index contributed by atoms with van der Waals surface area (Å²) in [5.41, 5.74) is 1.15. The third-order valence-electron chi connectivity index (χ3n) is 10.6. The first kappa shape index (κ1) is 26.5. The van der Waals surface area contributed by atoms with Crippen molar-refractivity contribution in [2.24, 2.45) is 64.1 Å². The van der Waals surface area contributed by atoms with Gasteiger partial charge in [0, 0.05) is 0 Å². The number of carbonyl (C=O) groups is 1. The van der Waals surface area contributed by atoms with Crippen LogP contribution < -0.4 is 0 Å². The molecule has 29 heavy (non-hydrogen) atoms. The zero-order valence-corrected chi connectivity index (χ0v) is 19.3. The van der Waals surface area contributed by atoms with Gasteiger partial charge in [-0.15, -0.1) is 0 Å². The Kier molecular flexibility index (Phi) is 8.15. The number of methoxy groups -OCH3 is 1. The van der Waals surface area contributed by atoms with Crippen LogP contribution in [0.4, 0.5) is 0 Å². The fourth-order valence-corrected chi connectivity index (χ4v) is 8.13. The van der Waals surface area contributed by atoms with E-state index in [4.69, 9.17) is 0 Å².